The van der Waals surface area contributed by atoms with Crippen LogP contribution in [-0.2, 0) is 10.0 Å². The number of rotatable bonds is 6. The van der Waals surface area contributed by atoms with Gasteiger partial charge in [-0.1, -0.05) is 36.4 Å². The van der Waals surface area contributed by atoms with E-state index >= 15 is 0 Å². The van der Waals surface area contributed by atoms with Crippen LogP contribution in [0.15, 0.2) is 65.6 Å². The summed E-state index contributed by atoms with van der Waals surface area (Å²) < 4.78 is 32.3. The average molecular weight is 291 g/mol. The van der Waals surface area contributed by atoms with E-state index in [9.17, 15) is 8.42 Å². The zero-order valence-corrected chi connectivity index (χ0v) is 12.0. The number of benzene rings is 2. The first-order valence-electron chi connectivity index (χ1n) is 6.33. The maximum absolute atomic E-state index is 12.1. The molecule has 2 rings (SSSR count). The fourth-order valence-electron chi connectivity index (χ4n) is 1.70. The third-order valence-electron chi connectivity index (χ3n) is 2.65. The van der Waals surface area contributed by atoms with Gasteiger partial charge in [-0.15, -0.1) is 0 Å². The van der Waals surface area contributed by atoms with Gasteiger partial charge in [0.05, 0.1) is 10.9 Å². The molecule has 0 aliphatic heterocycles. The monoisotopic (exact) mass is 291 g/mol. The summed E-state index contributed by atoms with van der Waals surface area (Å²) in [5.74, 6) is 0.721. The van der Waals surface area contributed by atoms with Crippen LogP contribution < -0.4 is 9.46 Å². The number of hydrogen-bond donors (Lipinski definition) is 1. The van der Waals surface area contributed by atoms with Gasteiger partial charge in [0, 0.05) is 0 Å². The summed E-state index contributed by atoms with van der Waals surface area (Å²) in [6.45, 7) is 2.04. The Hall–Kier alpha value is -1.85. The van der Waals surface area contributed by atoms with Crippen LogP contribution in [0.25, 0.3) is 0 Å². The second-order valence-electron chi connectivity index (χ2n) is 4.46. The highest BCUT2D eigenvalue weighted by Gasteiger charge is 2.17. The van der Waals surface area contributed by atoms with Crippen molar-refractivity contribution in [2.24, 2.45) is 0 Å². The van der Waals surface area contributed by atoms with Gasteiger partial charge in [-0.25, -0.2) is 13.1 Å². The number of hydrogen-bond acceptors (Lipinski definition) is 3. The number of ether oxygens (including phenoxy) is 1. The quantitative estimate of drug-likeness (QED) is 0.889. The summed E-state index contributed by atoms with van der Waals surface area (Å²) in [5, 5.41) is 0. The van der Waals surface area contributed by atoms with Gasteiger partial charge in [0.25, 0.3) is 0 Å². The molecule has 106 valence electrons. The lowest BCUT2D eigenvalue weighted by Gasteiger charge is -2.15. The molecular formula is C15H17NO3S. The Balaban J connectivity index is 1.93. The smallest absolute Gasteiger partial charge is 0.240 e. The van der Waals surface area contributed by atoms with E-state index in [4.69, 9.17) is 4.74 Å². The van der Waals surface area contributed by atoms with E-state index in [0.29, 0.717) is 0 Å². The molecule has 0 aromatic heterocycles. The van der Waals surface area contributed by atoms with Gasteiger partial charge in [0.2, 0.25) is 10.0 Å². The van der Waals surface area contributed by atoms with Crippen molar-refractivity contribution in [3.05, 3.63) is 60.7 Å². The Morgan fingerprint density at radius 1 is 1.00 bits per heavy atom. The van der Waals surface area contributed by atoms with Gasteiger partial charge in [-0.3, -0.25) is 0 Å². The lowest BCUT2D eigenvalue weighted by molar-refractivity contribution is 0.287. The lowest BCUT2D eigenvalue weighted by Crippen LogP contribution is -2.36. The minimum absolute atomic E-state index is 0.256. The SMILES string of the molecule is CC(COc1ccccc1)NS(=O)(=O)c1ccccc1. The van der Waals surface area contributed by atoms with Crippen molar-refractivity contribution in [2.45, 2.75) is 17.9 Å². The number of para-hydroxylation sites is 1. The predicted molar refractivity (Wildman–Crippen MR) is 78.2 cm³/mol. The molecule has 1 atom stereocenters. The van der Waals surface area contributed by atoms with Gasteiger partial charge in [-0.05, 0) is 31.2 Å². The summed E-state index contributed by atoms with van der Waals surface area (Å²) in [4.78, 5) is 0.256. The van der Waals surface area contributed by atoms with E-state index < -0.39 is 10.0 Å². The second kappa shape index (κ2) is 6.54. The van der Waals surface area contributed by atoms with Gasteiger partial charge in [0.1, 0.15) is 12.4 Å². The number of sulfonamides is 1. The molecule has 1 unspecified atom stereocenters. The van der Waals surface area contributed by atoms with Crippen LogP contribution in [0.3, 0.4) is 0 Å². The third kappa shape index (κ3) is 4.08. The zero-order chi connectivity index (χ0) is 14.4. The molecule has 4 nitrogen and oxygen atoms in total. The highest BCUT2D eigenvalue weighted by atomic mass is 32.2. The molecule has 0 bridgehead atoms. The molecular weight excluding hydrogens is 274 g/mol. The maximum atomic E-state index is 12.1. The molecule has 1 N–H and O–H groups in total. The highest BCUT2D eigenvalue weighted by Crippen LogP contribution is 2.10. The molecule has 2 aromatic rings. The number of nitrogens with one attached hydrogen (secondary N) is 1. The molecule has 0 amide bonds. The normalized spacial score (nSPS) is 12.8. The standard InChI is InChI=1S/C15H17NO3S/c1-13(12-19-14-8-4-2-5-9-14)16-20(17,18)15-10-6-3-7-11-15/h2-11,13,16H,12H2,1H3. The summed E-state index contributed by atoms with van der Waals surface area (Å²) >= 11 is 0. The van der Waals surface area contributed by atoms with E-state index in [1.807, 2.05) is 30.3 Å². The van der Waals surface area contributed by atoms with Crippen molar-refractivity contribution >= 4 is 10.0 Å². The summed E-state index contributed by atoms with van der Waals surface area (Å²) in [6.07, 6.45) is 0. The van der Waals surface area contributed by atoms with Crippen molar-refractivity contribution in [3.8, 4) is 5.75 Å². The van der Waals surface area contributed by atoms with Crippen molar-refractivity contribution in [3.63, 3.8) is 0 Å². The third-order valence-corrected chi connectivity index (χ3v) is 4.26. The first-order chi connectivity index (χ1) is 9.58. The lowest BCUT2D eigenvalue weighted by atomic mass is 10.3. The fraction of sp³-hybridized carbons (Fsp3) is 0.200. The van der Waals surface area contributed by atoms with Crippen LogP contribution in [0, 0.1) is 0 Å². The largest absolute Gasteiger partial charge is 0.492 e. The summed E-state index contributed by atoms with van der Waals surface area (Å²) in [5.41, 5.74) is 0. The van der Waals surface area contributed by atoms with E-state index in [-0.39, 0.29) is 17.5 Å². The Morgan fingerprint density at radius 3 is 2.15 bits per heavy atom. The molecule has 0 heterocycles. The molecule has 2 aromatic carbocycles. The van der Waals surface area contributed by atoms with Crippen LogP contribution in [0.2, 0.25) is 0 Å². The van der Waals surface area contributed by atoms with Crippen molar-refractivity contribution in [2.75, 3.05) is 6.61 Å². The Morgan fingerprint density at radius 2 is 1.55 bits per heavy atom. The molecule has 5 heteroatoms. The summed E-state index contributed by atoms with van der Waals surface area (Å²) in [7, 11) is -3.49. The first kappa shape index (κ1) is 14.6. The van der Waals surface area contributed by atoms with E-state index in [0.717, 1.165) is 5.75 Å². The Labute approximate surface area is 119 Å². The molecule has 0 spiro atoms. The second-order valence-corrected chi connectivity index (χ2v) is 6.17. The topological polar surface area (TPSA) is 55.4 Å². The minimum atomic E-state index is -3.49. The van der Waals surface area contributed by atoms with E-state index in [1.54, 1.807) is 37.3 Å². The van der Waals surface area contributed by atoms with Crippen LogP contribution >= 0.6 is 0 Å². The predicted octanol–water partition coefficient (Wildman–Crippen LogP) is 2.43. The first-order valence-corrected chi connectivity index (χ1v) is 7.81. The molecule has 0 radical (unpaired) electrons. The van der Waals surface area contributed by atoms with Crippen LogP contribution in [0.1, 0.15) is 6.92 Å². The van der Waals surface area contributed by atoms with Crippen molar-refractivity contribution in [1.82, 2.24) is 4.72 Å². The molecule has 0 saturated heterocycles. The van der Waals surface area contributed by atoms with Gasteiger partial charge < -0.3 is 4.74 Å². The average Bonchev–Trinajstić information content (AvgIpc) is 2.47. The van der Waals surface area contributed by atoms with E-state index in [2.05, 4.69) is 4.72 Å². The zero-order valence-electron chi connectivity index (χ0n) is 11.2. The van der Waals surface area contributed by atoms with Crippen LogP contribution in [0.5, 0.6) is 5.75 Å². The molecule has 20 heavy (non-hydrogen) atoms. The highest BCUT2D eigenvalue weighted by molar-refractivity contribution is 7.89. The molecule has 0 saturated carbocycles. The van der Waals surface area contributed by atoms with Crippen molar-refractivity contribution < 1.29 is 13.2 Å². The van der Waals surface area contributed by atoms with Gasteiger partial charge in [-0.2, -0.15) is 0 Å². The Bertz CT molecular complexity index is 627. The van der Waals surface area contributed by atoms with Crippen LogP contribution in [0.4, 0.5) is 0 Å². The van der Waals surface area contributed by atoms with Crippen molar-refractivity contribution in [1.29, 1.82) is 0 Å². The fourth-order valence-corrected chi connectivity index (χ4v) is 2.95. The van der Waals surface area contributed by atoms with Gasteiger partial charge >= 0.3 is 0 Å². The van der Waals surface area contributed by atoms with Crippen LogP contribution in [-0.4, -0.2) is 21.1 Å². The molecule has 0 aliphatic carbocycles. The maximum Gasteiger partial charge on any atom is 0.240 e. The molecule has 0 aliphatic rings. The van der Waals surface area contributed by atoms with Gasteiger partial charge in [0.15, 0.2) is 0 Å². The minimum Gasteiger partial charge on any atom is -0.492 e. The van der Waals surface area contributed by atoms with E-state index in [1.165, 1.54) is 0 Å². The Kier molecular flexibility index (Phi) is 4.76. The summed E-state index contributed by atoms with van der Waals surface area (Å²) in [6, 6.07) is 17.3. The molecule has 0 fully saturated rings.